The summed E-state index contributed by atoms with van der Waals surface area (Å²) in [5, 5.41) is 10.3. The van der Waals surface area contributed by atoms with Crippen LogP contribution in [0.15, 0.2) is 10.9 Å². The van der Waals surface area contributed by atoms with Crippen LogP contribution in [0.1, 0.15) is 38.5 Å². The highest BCUT2D eigenvalue weighted by atomic mass is 16.5. The summed E-state index contributed by atoms with van der Waals surface area (Å²) in [7, 11) is 0. The lowest BCUT2D eigenvalue weighted by molar-refractivity contribution is 0.374. The van der Waals surface area contributed by atoms with Crippen molar-refractivity contribution in [3.8, 4) is 11.6 Å². The van der Waals surface area contributed by atoms with E-state index in [1.54, 1.807) is 0 Å². The summed E-state index contributed by atoms with van der Waals surface area (Å²) < 4.78 is 5.12. The van der Waals surface area contributed by atoms with Crippen molar-refractivity contribution < 1.29 is 4.52 Å². The Bertz CT molecular complexity index is 409. The molecule has 0 saturated heterocycles. The lowest BCUT2D eigenvalue weighted by Gasteiger charge is -1.93. The Kier molecular flexibility index (Phi) is 3.63. The molecule has 0 atom stereocenters. The van der Waals surface area contributed by atoms with Crippen molar-refractivity contribution >= 4 is 0 Å². The smallest absolute Gasteiger partial charge is 0.239 e. The monoisotopic (exact) mass is 221 g/mol. The van der Waals surface area contributed by atoms with Crippen molar-refractivity contribution in [3.05, 3.63) is 12.2 Å². The first kappa shape index (κ1) is 10.8. The Balaban J connectivity index is 1.88. The van der Waals surface area contributed by atoms with Gasteiger partial charge in [0.2, 0.25) is 11.7 Å². The van der Waals surface area contributed by atoms with E-state index in [9.17, 15) is 0 Å². The molecule has 1 N–H and O–H groups in total. The second kappa shape index (κ2) is 5.39. The summed E-state index contributed by atoms with van der Waals surface area (Å²) in [5.74, 6) is 1.69. The molecule has 86 valence electrons. The Hall–Kier alpha value is -1.72. The van der Waals surface area contributed by atoms with Crippen LogP contribution in [0.4, 0.5) is 0 Å². The van der Waals surface area contributed by atoms with Crippen LogP contribution in [0.5, 0.6) is 0 Å². The van der Waals surface area contributed by atoms with Gasteiger partial charge in [-0.05, 0) is 6.42 Å². The second-order valence-electron chi connectivity index (χ2n) is 3.66. The molecule has 2 rings (SSSR count). The number of aromatic amines is 1. The van der Waals surface area contributed by atoms with Crippen molar-refractivity contribution in [3.63, 3.8) is 0 Å². The van der Waals surface area contributed by atoms with Gasteiger partial charge in [0.1, 0.15) is 6.33 Å². The third-order valence-electron chi connectivity index (χ3n) is 2.34. The molecule has 0 unspecified atom stereocenters. The van der Waals surface area contributed by atoms with E-state index in [-0.39, 0.29) is 0 Å². The highest BCUT2D eigenvalue weighted by Crippen LogP contribution is 2.11. The van der Waals surface area contributed by atoms with Gasteiger partial charge in [-0.2, -0.15) is 10.1 Å². The SMILES string of the molecule is CCCCCCc1nc(-c2ncn[nH]2)no1. The van der Waals surface area contributed by atoms with E-state index in [0.717, 1.165) is 12.8 Å². The zero-order valence-electron chi connectivity index (χ0n) is 9.31. The first-order valence-corrected chi connectivity index (χ1v) is 5.58. The number of hydrogen-bond acceptors (Lipinski definition) is 5. The molecule has 0 aliphatic heterocycles. The minimum Gasteiger partial charge on any atom is -0.339 e. The van der Waals surface area contributed by atoms with Crippen molar-refractivity contribution in [2.45, 2.75) is 39.0 Å². The highest BCUT2D eigenvalue weighted by Gasteiger charge is 2.10. The van der Waals surface area contributed by atoms with Crippen LogP contribution < -0.4 is 0 Å². The van der Waals surface area contributed by atoms with Gasteiger partial charge in [-0.25, -0.2) is 4.98 Å². The fourth-order valence-electron chi connectivity index (χ4n) is 1.47. The maximum absolute atomic E-state index is 5.12. The summed E-state index contributed by atoms with van der Waals surface area (Å²) in [6, 6.07) is 0. The Morgan fingerprint density at radius 2 is 2.25 bits per heavy atom. The average molecular weight is 221 g/mol. The Morgan fingerprint density at radius 1 is 1.31 bits per heavy atom. The fourth-order valence-corrected chi connectivity index (χ4v) is 1.47. The van der Waals surface area contributed by atoms with Crippen molar-refractivity contribution in [2.75, 3.05) is 0 Å². The number of unbranched alkanes of at least 4 members (excludes halogenated alkanes) is 3. The van der Waals surface area contributed by atoms with Gasteiger partial charge >= 0.3 is 0 Å². The summed E-state index contributed by atoms with van der Waals surface area (Å²) in [6.45, 7) is 2.19. The molecule has 0 aliphatic rings. The molecule has 6 heteroatoms. The molecular weight excluding hydrogens is 206 g/mol. The molecule has 0 fully saturated rings. The fraction of sp³-hybridized carbons (Fsp3) is 0.600. The standard InChI is InChI=1S/C10H15N5O/c1-2-3-4-5-6-8-13-10(15-16-8)9-11-7-12-14-9/h7H,2-6H2,1H3,(H,11,12,14). The normalized spacial score (nSPS) is 10.8. The highest BCUT2D eigenvalue weighted by molar-refractivity contribution is 5.39. The van der Waals surface area contributed by atoms with Crippen LogP contribution in [0.3, 0.4) is 0 Å². The molecular formula is C10H15N5O. The minimum absolute atomic E-state index is 0.475. The van der Waals surface area contributed by atoms with Crippen LogP contribution >= 0.6 is 0 Å². The molecule has 2 aromatic rings. The molecule has 0 aliphatic carbocycles. The molecule has 0 aromatic carbocycles. The molecule has 0 radical (unpaired) electrons. The number of rotatable bonds is 6. The van der Waals surface area contributed by atoms with E-state index in [2.05, 4.69) is 32.2 Å². The van der Waals surface area contributed by atoms with E-state index in [0.29, 0.717) is 17.5 Å². The van der Waals surface area contributed by atoms with Gasteiger partial charge in [-0.15, -0.1) is 0 Å². The summed E-state index contributed by atoms with van der Waals surface area (Å²) in [4.78, 5) is 8.20. The van der Waals surface area contributed by atoms with Crippen molar-refractivity contribution in [1.29, 1.82) is 0 Å². The topological polar surface area (TPSA) is 80.5 Å². The van der Waals surface area contributed by atoms with E-state index >= 15 is 0 Å². The average Bonchev–Trinajstić information content (AvgIpc) is 2.94. The molecule has 0 spiro atoms. The maximum atomic E-state index is 5.12. The lowest BCUT2D eigenvalue weighted by Crippen LogP contribution is -1.87. The molecule has 6 nitrogen and oxygen atoms in total. The van der Waals surface area contributed by atoms with Gasteiger partial charge in [0.05, 0.1) is 0 Å². The Morgan fingerprint density at radius 3 is 3.00 bits per heavy atom. The van der Waals surface area contributed by atoms with Gasteiger partial charge < -0.3 is 4.52 Å². The predicted octanol–water partition coefficient (Wildman–Crippen LogP) is 1.98. The van der Waals surface area contributed by atoms with Crippen LogP contribution in [0.25, 0.3) is 11.6 Å². The molecule has 0 amide bonds. The third kappa shape index (κ3) is 2.65. The molecule has 2 aromatic heterocycles. The molecule has 0 saturated carbocycles. The van der Waals surface area contributed by atoms with Gasteiger partial charge in [0, 0.05) is 6.42 Å². The number of nitrogens with zero attached hydrogens (tertiary/aromatic N) is 4. The quantitative estimate of drug-likeness (QED) is 0.754. The summed E-state index contributed by atoms with van der Waals surface area (Å²) in [5.41, 5.74) is 0. The van der Waals surface area contributed by atoms with Gasteiger partial charge in [-0.3, -0.25) is 5.10 Å². The van der Waals surface area contributed by atoms with Gasteiger partial charge in [0.15, 0.2) is 5.82 Å². The zero-order valence-corrected chi connectivity index (χ0v) is 9.31. The zero-order chi connectivity index (χ0) is 11.2. The van der Waals surface area contributed by atoms with Crippen LogP contribution in [0, 0.1) is 0 Å². The minimum atomic E-state index is 0.475. The number of hydrogen-bond donors (Lipinski definition) is 1. The Labute approximate surface area is 93.5 Å². The van der Waals surface area contributed by atoms with Crippen molar-refractivity contribution in [2.24, 2.45) is 0 Å². The predicted molar refractivity (Wildman–Crippen MR) is 57.5 cm³/mol. The molecule has 0 bridgehead atoms. The maximum Gasteiger partial charge on any atom is 0.239 e. The van der Waals surface area contributed by atoms with E-state index in [4.69, 9.17) is 4.52 Å². The number of H-pyrrole nitrogens is 1. The first-order chi connectivity index (χ1) is 7.90. The molecule has 16 heavy (non-hydrogen) atoms. The second-order valence-corrected chi connectivity index (χ2v) is 3.66. The van der Waals surface area contributed by atoms with E-state index in [1.165, 1.54) is 25.6 Å². The lowest BCUT2D eigenvalue weighted by atomic mass is 10.1. The van der Waals surface area contributed by atoms with Crippen LogP contribution in [-0.4, -0.2) is 25.3 Å². The van der Waals surface area contributed by atoms with E-state index in [1.807, 2.05) is 0 Å². The summed E-state index contributed by atoms with van der Waals surface area (Å²) >= 11 is 0. The number of aryl methyl sites for hydroxylation is 1. The van der Waals surface area contributed by atoms with Gasteiger partial charge in [-0.1, -0.05) is 31.3 Å². The first-order valence-electron chi connectivity index (χ1n) is 5.58. The largest absolute Gasteiger partial charge is 0.339 e. The number of nitrogens with one attached hydrogen (secondary N) is 1. The molecule has 2 heterocycles. The van der Waals surface area contributed by atoms with Crippen LogP contribution in [0.2, 0.25) is 0 Å². The van der Waals surface area contributed by atoms with E-state index < -0.39 is 0 Å². The van der Waals surface area contributed by atoms with Crippen molar-refractivity contribution in [1.82, 2.24) is 25.3 Å². The summed E-state index contributed by atoms with van der Waals surface area (Å²) in [6.07, 6.45) is 7.03. The third-order valence-corrected chi connectivity index (χ3v) is 2.34. The van der Waals surface area contributed by atoms with Crippen LogP contribution in [-0.2, 0) is 6.42 Å². The number of aromatic nitrogens is 5. The van der Waals surface area contributed by atoms with Gasteiger partial charge in [0.25, 0.3) is 0 Å².